The van der Waals surface area contributed by atoms with E-state index in [0.29, 0.717) is 32.1 Å². The molecule has 1 heterocycles. The van der Waals surface area contributed by atoms with Crippen molar-refractivity contribution in [1.29, 1.82) is 0 Å². The van der Waals surface area contributed by atoms with Crippen molar-refractivity contribution < 1.29 is 19.0 Å². The molecule has 0 saturated carbocycles. The summed E-state index contributed by atoms with van der Waals surface area (Å²) in [5.41, 5.74) is 1.45. The second-order valence-electron chi connectivity index (χ2n) is 5.05. The van der Waals surface area contributed by atoms with Gasteiger partial charge in [-0.15, -0.1) is 0 Å². The maximum Gasteiger partial charge on any atom is 0.363 e. The van der Waals surface area contributed by atoms with Crippen LogP contribution in [0.2, 0.25) is 5.02 Å². The van der Waals surface area contributed by atoms with Gasteiger partial charge in [-0.25, -0.2) is 9.79 Å². The molecule has 0 saturated heterocycles. The third kappa shape index (κ3) is 3.55. The second-order valence-corrected chi connectivity index (χ2v) is 6.32. The molecule has 3 rings (SSSR count). The zero-order chi connectivity index (χ0) is 18.0. The number of cyclic esters (lactones) is 1. The molecule has 0 bridgehead atoms. The van der Waals surface area contributed by atoms with E-state index in [1.165, 1.54) is 0 Å². The van der Waals surface area contributed by atoms with E-state index < -0.39 is 5.97 Å². The van der Waals surface area contributed by atoms with Crippen LogP contribution in [0.5, 0.6) is 11.5 Å². The van der Waals surface area contributed by atoms with Gasteiger partial charge in [0.05, 0.1) is 29.3 Å². The zero-order valence-corrected chi connectivity index (χ0v) is 15.7. The van der Waals surface area contributed by atoms with E-state index >= 15 is 0 Å². The first-order valence-corrected chi connectivity index (χ1v) is 8.39. The van der Waals surface area contributed by atoms with Crippen LogP contribution in [0, 0.1) is 0 Å². The standard InChI is InChI=1S/C18H13BrClNO4/c1-23-15-9-10(7-12(19)16(15)24-2)8-14-18(22)25-17(21-14)11-5-3-4-6-13(11)20/h3-9H,1-2H3/b14-8-. The summed E-state index contributed by atoms with van der Waals surface area (Å²) in [7, 11) is 3.09. The summed E-state index contributed by atoms with van der Waals surface area (Å²) in [6.45, 7) is 0. The van der Waals surface area contributed by atoms with Gasteiger partial charge in [-0.05, 0) is 51.8 Å². The summed E-state index contributed by atoms with van der Waals surface area (Å²) in [6, 6.07) is 10.6. The molecule has 0 aromatic heterocycles. The number of hydrogen-bond donors (Lipinski definition) is 0. The highest BCUT2D eigenvalue weighted by atomic mass is 79.9. The van der Waals surface area contributed by atoms with Gasteiger partial charge in [0, 0.05) is 0 Å². The van der Waals surface area contributed by atoms with Crippen LogP contribution < -0.4 is 9.47 Å². The van der Waals surface area contributed by atoms with E-state index in [0.717, 1.165) is 0 Å². The van der Waals surface area contributed by atoms with Gasteiger partial charge in [0.1, 0.15) is 0 Å². The number of rotatable bonds is 4. The molecule has 0 unspecified atom stereocenters. The fourth-order valence-electron chi connectivity index (χ4n) is 2.34. The number of aliphatic imine (C=N–C) groups is 1. The van der Waals surface area contributed by atoms with Crippen LogP contribution in [0.3, 0.4) is 0 Å². The van der Waals surface area contributed by atoms with Crippen LogP contribution in [-0.2, 0) is 9.53 Å². The Morgan fingerprint density at radius 2 is 1.96 bits per heavy atom. The average Bonchev–Trinajstić information content (AvgIpc) is 2.95. The first-order valence-electron chi connectivity index (χ1n) is 7.22. The Hall–Kier alpha value is -2.31. The van der Waals surface area contributed by atoms with E-state index in [4.69, 9.17) is 25.8 Å². The number of esters is 1. The third-order valence-corrected chi connectivity index (χ3v) is 4.40. The molecule has 0 aliphatic carbocycles. The largest absolute Gasteiger partial charge is 0.493 e. The van der Waals surface area contributed by atoms with Gasteiger partial charge in [0.25, 0.3) is 0 Å². The smallest absolute Gasteiger partial charge is 0.363 e. The molecule has 0 radical (unpaired) electrons. The molecule has 2 aromatic carbocycles. The molecule has 128 valence electrons. The molecule has 5 nitrogen and oxygen atoms in total. The SMILES string of the molecule is COc1cc(/C=C2\N=C(c3ccccc3Cl)OC2=O)cc(Br)c1OC. The normalized spacial score (nSPS) is 15.1. The van der Waals surface area contributed by atoms with Crippen molar-refractivity contribution in [3.63, 3.8) is 0 Å². The Labute approximate surface area is 158 Å². The minimum atomic E-state index is -0.541. The summed E-state index contributed by atoms with van der Waals surface area (Å²) < 4.78 is 16.5. The number of nitrogens with zero attached hydrogens (tertiary/aromatic N) is 1. The molecule has 0 N–H and O–H groups in total. The number of ether oxygens (including phenoxy) is 3. The van der Waals surface area contributed by atoms with Crippen LogP contribution >= 0.6 is 27.5 Å². The molecular formula is C18H13BrClNO4. The summed E-state index contributed by atoms with van der Waals surface area (Å²) in [6.07, 6.45) is 1.61. The predicted molar refractivity (Wildman–Crippen MR) is 99.3 cm³/mol. The van der Waals surface area contributed by atoms with Crippen molar-refractivity contribution in [2.24, 2.45) is 4.99 Å². The van der Waals surface area contributed by atoms with Gasteiger partial charge >= 0.3 is 5.97 Å². The fourth-order valence-corrected chi connectivity index (χ4v) is 3.18. The maximum atomic E-state index is 12.1. The Kier molecular flexibility index (Phi) is 5.11. The lowest BCUT2D eigenvalue weighted by Gasteiger charge is -2.10. The molecular weight excluding hydrogens is 410 g/mol. The highest BCUT2D eigenvalue weighted by Gasteiger charge is 2.25. The van der Waals surface area contributed by atoms with Gasteiger partial charge in [-0.3, -0.25) is 0 Å². The van der Waals surface area contributed by atoms with E-state index in [-0.39, 0.29) is 11.6 Å². The molecule has 2 aromatic rings. The van der Waals surface area contributed by atoms with Crippen molar-refractivity contribution in [2.75, 3.05) is 14.2 Å². The van der Waals surface area contributed by atoms with E-state index in [1.54, 1.807) is 56.7 Å². The van der Waals surface area contributed by atoms with E-state index in [2.05, 4.69) is 20.9 Å². The number of hydrogen-bond acceptors (Lipinski definition) is 5. The van der Waals surface area contributed by atoms with Crippen molar-refractivity contribution >= 4 is 45.5 Å². The van der Waals surface area contributed by atoms with E-state index in [9.17, 15) is 4.79 Å². The Morgan fingerprint density at radius 1 is 1.20 bits per heavy atom. The number of carbonyl (C=O) groups excluding carboxylic acids is 1. The summed E-state index contributed by atoms with van der Waals surface area (Å²) in [5.74, 6) is 0.742. The third-order valence-electron chi connectivity index (χ3n) is 3.48. The Morgan fingerprint density at radius 3 is 2.64 bits per heavy atom. The monoisotopic (exact) mass is 421 g/mol. The van der Waals surface area contributed by atoms with Crippen LogP contribution in [-0.4, -0.2) is 26.1 Å². The zero-order valence-electron chi connectivity index (χ0n) is 13.4. The van der Waals surface area contributed by atoms with Crippen LogP contribution in [0.1, 0.15) is 11.1 Å². The summed E-state index contributed by atoms with van der Waals surface area (Å²) >= 11 is 9.54. The van der Waals surface area contributed by atoms with Crippen LogP contribution in [0.4, 0.5) is 0 Å². The van der Waals surface area contributed by atoms with Crippen molar-refractivity contribution in [3.05, 3.63) is 62.7 Å². The predicted octanol–water partition coefficient (Wildman–Crippen LogP) is 4.46. The molecule has 0 atom stereocenters. The van der Waals surface area contributed by atoms with Crippen LogP contribution in [0.15, 0.2) is 51.6 Å². The lowest BCUT2D eigenvalue weighted by Crippen LogP contribution is -2.05. The summed E-state index contributed by atoms with van der Waals surface area (Å²) in [4.78, 5) is 16.4. The second kappa shape index (κ2) is 7.29. The first-order chi connectivity index (χ1) is 12.0. The highest BCUT2D eigenvalue weighted by Crippen LogP contribution is 2.37. The van der Waals surface area contributed by atoms with Crippen molar-refractivity contribution in [2.45, 2.75) is 0 Å². The van der Waals surface area contributed by atoms with E-state index in [1.807, 2.05) is 0 Å². The van der Waals surface area contributed by atoms with Crippen LogP contribution in [0.25, 0.3) is 6.08 Å². The molecule has 1 aliphatic rings. The number of methoxy groups -OCH3 is 2. The molecule has 1 aliphatic heterocycles. The maximum absolute atomic E-state index is 12.1. The fraction of sp³-hybridized carbons (Fsp3) is 0.111. The molecule has 25 heavy (non-hydrogen) atoms. The number of benzene rings is 2. The lowest BCUT2D eigenvalue weighted by atomic mass is 10.1. The van der Waals surface area contributed by atoms with Gasteiger partial charge in [0.2, 0.25) is 5.90 Å². The number of carbonyl (C=O) groups is 1. The Balaban J connectivity index is 2.00. The van der Waals surface area contributed by atoms with Gasteiger partial charge in [-0.2, -0.15) is 0 Å². The quantitative estimate of drug-likeness (QED) is 0.539. The van der Waals surface area contributed by atoms with Gasteiger partial charge < -0.3 is 14.2 Å². The van der Waals surface area contributed by atoms with Crippen molar-refractivity contribution in [1.82, 2.24) is 0 Å². The molecule has 0 spiro atoms. The lowest BCUT2D eigenvalue weighted by molar-refractivity contribution is -0.129. The number of halogens is 2. The van der Waals surface area contributed by atoms with Crippen molar-refractivity contribution in [3.8, 4) is 11.5 Å². The molecule has 7 heteroatoms. The Bertz CT molecular complexity index is 908. The van der Waals surface area contributed by atoms with Gasteiger partial charge in [-0.1, -0.05) is 23.7 Å². The first kappa shape index (κ1) is 17.5. The highest BCUT2D eigenvalue weighted by molar-refractivity contribution is 9.10. The van der Waals surface area contributed by atoms with Gasteiger partial charge in [0.15, 0.2) is 17.2 Å². The minimum Gasteiger partial charge on any atom is -0.493 e. The summed E-state index contributed by atoms with van der Waals surface area (Å²) in [5, 5.41) is 0.462. The topological polar surface area (TPSA) is 57.1 Å². The molecule has 0 fully saturated rings. The average molecular weight is 423 g/mol. The minimum absolute atomic E-state index is 0.175. The molecule has 0 amide bonds.